The number of aliphatic hydroxyl groups excluding tert-OH is 1. The Morgan fingerprint density at radius 2 is 1.94 bits per heavy atom. The topological polar surface area (TPSA) is 26.7 Å². The van der Waals surface area contributed by atoms with Gasteiger partial charge in [0.2, 0.25) is 0 Å². The fourth-order valence-electron chi connectivity index (χ4n) is 3.74. The summed E-state index contributed by atoms with van der Waals surface area (Å²) in [5.41, 5.74) is 0. The van der Waals surface area contributed by atoms with E-state index in [0.717, 1.165) is 18.8 Å². The van der Waals surface area contributed by atoms with Crippen molar-refractivity contribution in [3.63, 3.8) is 0 Å². The van der Waals surface area contributed by atoms with Crippen LogP contribution in [0.2, 0.25) is 0 Å². The van der Waals surface area contributed by atoms with Crippen LogP contribution >= 0.6 is 0 Å². The van der Waals surface area contributed by atoms with Crippen molar-refractivity contribution < 1.29 is 5.11 Å². The molecule has 1 aliphatic carbocycles. The maximum absolute atomic E-state index is 9.98. The third-order valence-electron chi connectivity index (χ3n) is 4.81. The Hall–Kier alpha value is -0.120. The number of nitrogens with zero attached hydrogens (tertiary/aromatic N) is 2. The first-order chi connectivity index (χ1) is 8.70. The van der Waals surface area contributed by atoms with Gasteiger partial charge in [0.05, 0.1) is 6.10 Å². The van der Waals surface area contributed by atoms with E-state index in [1.807, 2.05) is 0 Å². The Morgan fingerprint density at radius 3 is 2.72 bits per heavy atom. The van der Waals surface area contributed by atoms with E-state index < -0.39 is 0 Å². The number of likely N-dealkylation sites (N-methyl/N-ethyl adjacent to an activating group) is 1. The van der Waals surface area contributed by atoms with Crippen LogP contribution in [-0.2, 0) is 0 Å². The Kier molecular flexibility index (Phi) is 5.46. The first kappa shape index (κ1) is 14.3. The molecule has 1 N–H and O–H groups in total. The molecule has 1 aliphatic heterocycles. The minimum Gasteiger partial charge on any atom is -0.393 e. The standard InChI is InChI=1S/C15H30N2O/c1-3-5-13-6-7-14(18)12-15(13)17-9-4-8-16(2)10-11-17/h13-15,18H,3-12H2,1-2H3. The molecular formula is C15H30N2O. The van der Waals surface area contributed by atoms with Crippen LogP contribution in [0.15, 0.2) is 0 Å². The summed E-state index contributed by atoms with van der Waals surface area (Å²) in [6.45, 7) is 7.12. The van der Waals surface area contributed by atoms with Crippen molar-refractivity contribution >= 4 is 0 Å². The van der Waals surface area contributed by atoms with Crippen LogP contribution in [0.1, 0.15) is 45.4 Å². The number of hydrogen-bond donors (Lipinski definition) is 1. The number of hydrogen-bond acceptors (Lipinski definition) is 3. The molecule has 0 aromatic heterocycles. The van der Waals surface area contributed by atoms with E-state index in [2.05, 4.69) is 23.8 Å². The van der Waals surface area contributed by atoms with Gasteiger partial charge in [0.15, 0.2) is 0 Å². The number of rotatable bonds is 3. The molecule has 2 aliphatic rings. The molecule has 0 spiro atoms. The van der Waals surface area contributed by atoms with Crippen molar-refractivity contribution in [2.24, 2.45) is 5.92 Å². The molecule has 0 radical (unpaired) electrons. The van der Waals surface area contributed by atoms with Gasteiger partial charge in [0.1, 0.15) is 0 Å². The molecule has 0 bridgehead atoms. The second-order valence-electron chi connectivity index (χ2n) is 6.28. The van der Waals surface area contributed by atoms with Crippen LogP contribution in [0.25, 0.3) is 0 Å². The van der Waals surface area contributed by atoms with E-state index in [4.69, 9.17) is 0 Å². The van der Waals surface area contributed by atoms with Crippen LogP contribution in [0.4, 0.5) is 0 Å². The van der Waals surface area contributed by atoms with Crippen molar-refractivity contribution in [3.8, 4) is 0 Å². The van der Waals surface area contributed by atoms with Gasteiger partial charge in [-0.1, -0.05) is 13.3 Å². The lowest BCUT2D eigenvalue weighted by Gasteiger charge is -2.41. The molecule has 18 heavy (non-hydrogen) atoms. The first-order valence-corrected chi connectivity index (χ1v) is 7.81. The van der Waals surface area contributed by atoms with Gasteiger partial charge >= 0.3 is 0 Å². The van der Waals surface area contributed by atoms with Gasteiger partial charge in [-0.25, -0.2) is 0 Å². The minimum absolute atomic E-state index is 0.0518. The first-order valence-electron chi connectivity index (χ1n) is 7.81. The minimum atomic E-state index is -0.0518. The van der Waals surface area contributed by atoms with E-state index in [1.165, 1.54) is 51.9 Å². The summed E-state index contributed by atoms with van der Waals surface area (Å²) in [7, 11) is 2.22. The van der Waals surface area contributed by atoms with Crippen molar-refractivity contribution in [1.29, 1.82) is 0 Å². The number of aliphatic hydroxyl groups is 1. The normalized spacial score (nSPS) is 36.5. The van der Waals surface area contributed by atoms with Gasteiger partial charge in [0.25, 0.3) is 0 Å². The molecule has 2 rings (SSSR count). The van der Waals surface area contributed by atoms with Crippen LogP contribution in [-0.4, -0.2) is 60.3 Å². The monoisotopic (exact) mass is 254 g/mol. The van der Waals surface area contributed by atoms with Crippen molar-refractivity contribution in [2.75, 3.05) is 33.2 Å². The molecule has 1 saturated carbocycles. The summed E-state index contributed by atoms with van der Waals surface area (Å²) >= 11 is 0. The highest BCUT2D eigenvalue weighted by molar-refractivity contribution is 4.88. The smallest absolute Gasteiger partial charge is 0.0555 e. The van der Waals surface area contributed by atoms with E-state index >= 15 is 0 Å². The highest BCUT2D eigenvalue weighted by Crippen LogP contribution is 2.32. The lowest BCUT2D eigenvalue weighted by molar-refractivity contribution is 0.0255. The second kappa shape index (κ2) is 6.88. The van der Waals surface area contributed by atoms with Crippen molar-refractivity contribution in [3.05, 3.63) is 0 Å². The predicted molar refractivity (Wildman–Crippen MR) is 75.7 cm³/mol. The summed E-state index contributed by atoms with van der Waals surface area (Å²) in [5.74, 6) is 0.821. The van der Waals surface area contributed by atoms with Crippen LogP contribution in [0, 0.1) is 5.92 Å². The molecule has 1 saturated heterocycles. The van der Waals surface area contributed by atoms with E-state index in [1.54, 1.807) is 0 Å². The molecule has 0 aromatic rings. The van der Waals surface area contributed by atoms with Crippen LogP contribution < -0.4 is 0 Å². The molecular weight excluding hydrogens is 224 g/mol. The Morgan fingerprint density at radius 1 is 1.11 bits per heavy atom. The van der Waals surface area contributed by atoms with E-state index in [0.29, 0.717) is 6.04 Å². The maximum atomic E-state index is 9.98. The zero-order chi connectivity index (χ0) is 13.0. The molecule has 3 unspecified atom stereocenters. The van der Waals surface area contributed by atoms with Crippen LogP contribution in [0.5, 0.6) is 0 Å². The summed E-state index contributed by atoms with van der Waals surface area (Å²) in [6, 6.07) is 0.639. The van der Waals surface area contributed by atoms with E-state index in [-0.39, 0.29) is 6.10 Å². The molecule has 3 heteroatoms. The third-order valence-corrected chi connectivity index (χ3v) is 4.81. The highest BCUT2D eigenvalue weighted by Gasteiger charge is 2.33. The summed E-state index contributed by atoms with van der Waals surface area (Å²) in [6.07, 6.45) is 7.11. The average molecular weight is 254 g/mol. The fraction of sp³-hybridized carbons (Fsp3) is 1.00. The predicted octanol–water partition coefficient (Wildman–Crippen LogP) is 1.95. The van der Waals surface area contributed by atoms with Gasteiger partial charge in [-0.15, -0.1) is 0 Å². The summed E-state index contributed by atoms with van der Waals surface area (Å²) in [5, 5.41) is 9.98. The molecule has 2 fully saturated rings. The van der Waals surface area contributed by atoms with Gasteiger partial charge in [-0.2, -0.15) is 0 Å². The molecule has 3 nitrogen and oxygen atoms in total. The molecule has 0 aromatic carbocycles. The zero-order valence-electron chi connectivity index (χ0n) is 12.1. The average Bonchev–Trinajstić information content (AvgIpc) is 2.57. The largest absolute Gasteiger partial charge is 0.393 e. The van der Waals surface area contributed by atoms with Gasteiger partial charge < -0.3 is 10.0 Å². The van der Waals surface area contributed by atoms with Crippen molar-refractivity contribution in [1.82, 2.24) is 9.80 Å². The molecule has 1 heterocycles. The Balaban J connectivity index is 1.97. The van der Waals surface area contributed by atoms with Crippen LogP contribution in [0.3, 0.4) is 0 Å². The molecule has 0 amide bonds. The summed E-state index contributed by atoms with van der Waals surface area (Å²) in [4.78, 5) is 5.11. The molecule has 3 atom stereocenters. The maximum Gasteiger partial charge on any atom is 0.0555 e. The lowest BCUT2D eigenvalue weighted by atomic mass is 9.79. The van der Waals surface area contributed by atoms with Gasteiger partial charge in [0, 0.05) is 19.1 Å². The Labute approximate surface area is 112 Å². The lowest BCUT2D eigenvalue weighted by Crippen LogP contribution is -2.47. The van der Waals surface area contributed by atoms with Gasteiger partial charge in [-0.05, 0) is 58.2 Å². The fourth-order valence-corrected chi connectivity index (χ4v) is 3.74. The van der Waals surface area contributed by atoms with Gasteiger partial charge in [-0.3, -0.25) is 4.90 Å². The quantitative estimate of drug-likeness (QED) is 0.834. The second-order valence-corrected chi connectivity index (χ2v) is 6.28. The highest BCUT2D eigenvalue weighted by atomic mass is 16.3. The summed E-state index contributed by atoms with van der Waals surface area (Å²) < 4.78 is 0. The van der Waals surface area contributed by atoms with Crippen molar-refractivity contribution in [2.45, 2.75) is 57.6 Å². The Bertz CT molecular complexity index is 247. The zero-order valence-corrected chi connectivity index (χ0v) is 12.1. The SMILES string of the molecule is CCCC1CCC(O)CC1N1CCCN(C)CC1. The van der Waals surface area contributed by atoms with E-state index in [9.17, 15) is 5.11 Å². The molecule has 106 valence electrons. The third kappa shape index (κ3) is 3.69.